The lowest BCUT2D eigenvalue weighted by Gasteiger charge is -2.41. The second-order valence-corrected chi connectivity index (χ2v) is 12.8. The standard InChI is InChI=1S/C21H19F10NO4S2/c22-13-3-6-16(20(26,27)28)17(11-13)18(9-7-14(8-10-18)32-38(35,36)21(29,30)31)37(33,34)15-4-1-12(2-5-15)19(23,24)25/h1,3-6,11-12,14,32H,2,7-10H2. The van der Waals surface area contributed by atoms with Gasteiger partial charge >= 0.3 is 27.9 Å². The fourth-order valence-electron chi connectivity index (χ4n) is 4.58. The molecule has 1 aromatic carbocycles. The van der Waals surface area contributed by atoms with Crippen LogP contribution in [-0.2, 0) is 30.8 Å². The molecule has 1 saturated carbocycles. The Bertz CT molecular complexity index is 1340. The Hall–Kier alpha value is -2.14. The third kappa shape index (κ3) is 5.73. The number of alkyl halides is 9. The quantitative estimate of drug-likeness (QED) is 0.428. The average Bonchev–Trinajstić information content (AvgIpc) is 2.77. The Morgan fingerprint density at radius 3 is 1.92 bits per heavy atom. The van der Waals surface area contributed by atoms with Crippen molar-refractivity contribution in [2.75, 3.05) is 0 Å². The van der Waals surface area contributed by atoms with Gasteiger partial charge in [0.15, 0.2) is 9.84 Å². The molecule has 2 aliphatic carbocycles. The molecule has 1 aromatic rings. The Morgan fingerprint density at radius 2 is 1.47 bits per heavy atom. The summed E-state index contributed by atoms with van der Waals surface area (Å²) >= 11 is 0. The van der Waals surface area contributed by atoms with E-state index in [1.807, 2.05) is 0 Å². The molecule has 5 nitrogen and oxygen atoms in total. The molecule has 0 aromatic heterocycles. The lowest BCUT2D eigenvalue weighted by atomic mass is 9.79. The summed E-state index contributed by atoms with van der Waals surface area (Å²) < 4.78 is 182. The van der Waals surface area contributed by atoms with E-state index in [0.717, 1.165) is 0 Å². The molecule has 1 fully saturated rings. The maximum atomic E-state index is 14.2. The number of sulfonamides is 1. The fourth-order valence-corrected chi connectivity index (χ4v) is 7.64. The number of nitrogens with one attached hydrogen (secondary N) is 1. The van der Waals surface area contributed by atoms with Gasteiger partial charge in [-0.1, -0.05) is 12.2 Å². The van der Waals surface area contributed by atoms with Crippen molar-refractivity contribution in [2.45, 2.75) is 60.8 Å². The van der Waals surface area contributed by atoms with E-state index in [4.69, 9.17) is 0 Å². The average molecular weight is 604 g/mol. The number of rotatable bonds is 5. The monoisotopic (exact) mass is 603 g/mol. The van der Waals surface area contributed by atoms with Crippen molar-refractivity contribution in [3.63, 3.8) is 0 Å². The summed E-state index contributed by atoms with van der Waals surface area (Å²) in [7, 11) is -10.9. The summed E-state index contributed by atoms with van der Waals surface area (Å²) in [5.74, 6) is -3.34. The molecular weight excluding hydrogens is 584 g/mol. The highest BCUT2D eigenvalue weighted by atomic mass is 32.2. The van der Waals surface area contributed by atoms with Crippen LogP contribution >= 0.6 is 0 Å². The van der Waals surface area contributed by atoms with Crippen LogP contribution in [0.3, 0.4) is 0 Å². The lowest BCUT2D eigenvalue weighted by Crippen LogP contribution is -2.49. The third-order valence-corrected chi connectivity index (χ3v) is 10.3. The van der Waals surface area contributed by atoms with Crippen LogP contribution in [0.25, 0.3) is 0 Å². The minimum atomic E-state index is -5.88. The van der Waals surface area contributed by atoms with Gasteiger partial charge in [-0.05, 0) is 61.9 Å². The number of sulfone groups is 1. The van der Waals surface area contributed by atoms with Gasteiger partial charge in [-0.3, -0.25) is 0 Å². The fraction of sp³-hybridized carbons (Fsp3) is 0.524. The van der Waals surface area contributed by atoms with Crippen LogP contribution in [0.1, 0.15) is 43.2 Å². The van der Waals surface area contributed by atoms with Crippen LogP contribution in [0, 0.1) is 11.7 Å². The highest BCUT2D eigenvalue weighted by molar-refractivity contribution is 7.96. The predicted octanol–water partition coefficient (Wildman–Crippen LogP) is 5.86. The van der Waals surface area contributed by atoms with Crippen molar-refractivity contribution in [3.8, 4) is 0 Å². The number of hydrogen-bond donors (Lipinski definition) is 1. The molecule has 3 rings (SSSR count). The van der Waals surface area contributed by atoms with E-state index in [1.54, 1.807) is 0 Å². The second kappa shape index (κ2) is 9.80. The first-order valence-electron chi connectivity index (χ1n) is 10.8. The molecule has 0 spiro atoms. The Labute approximate surface area is 210 Å². The van der Waals surface area contributed by atoms with Gasteiger partial charge < -0.3 is 0 Å². The summed E-state index contributed by atoms with van der Waals surface area (Å²) in [6.07, 6.45) is -12.2. The van der Waals surface area contributed by atoms with E-state index in [-0.39, 0.29) is 6.07 Å². The Morgan fingerprint density at radius 1 is 0.895 bits per heavy atom. The molecule has 0 heterocycles. The van der Waals surface area contributed by atoms with Crippen LogP contribution in [0.5, 0.6) is 0 Å². The van der Waals surface area contributed by atoms with Gasteiger partial charge in [0.1, 0.15) is 10.6 Å². The molecule has 1 N–H and O–H groups in total. The summed E-state index contributed by atoms with van der Waals surface area (Å²) in [5.41, 5.74) is -8.36. The first kappa shape index (κ1) is 30.4. The zero-order valence-electron chi connectivity index (χ0n) is 18.9. The minimum Gasteiger partial charge on any atom is -0.223 e. The Kier molecular flexibility index (Phi) is 7.84. The first-order chi connectivity index (χ1) is 17.1. The molecule has 2 aliphatic rings. The van der Waals surface area contributed by atoms with Crippen LogP contribution < -0.4 is 4.72 Å². The van der Waals surface area contributed by atoms with Crippen LogP contribution in [0.2, 0.25) is 0 Å². The zero-order chi connectivity index (χ0) is 28.9. The highest BCUT2D eigenvalue weighted by Gasteiger charge is 2.54. The number of hydrogen-bond acceptors (Lipinski definition) is 4. The predicted molar refractivity (Wildman–Crippen MR) is 114 cm³/mol. The van der Waals surface area contributed by atoms with E-state index in [1.165, 1.54) is 4.72 Å². The molecule has 0 saturated heterocycles. The van der Waals surface area contributed by atoms with Gasteiger partial charge in [-0.15, -0.1) is 0 Å². The van der Waals surface area contributed by atoms with E-state index < -0.39 is 108 Å². The lowest BCUT2D eigenvalue weighted by molar-refractivity contribution is -0.160. The molecule has 0 amide bonds. The maximum Gasteiger partial charge on any atom is 0.511 e. The number of halogens is 10. The van der Waals surface area contributed by atoms with E-state index >= 15 is 0 Å². The molecule has 0 bridgehead atoms. The molecule has 0 aliphatic heterocycles. The summed E-state index contributed by atoms with van der Waals surface area (Å²) in [6, 6.07) is -0.515. The molecule has 38 heavy (non-hydrogen) atoms. The normalized spacial score (nSPS) is 25.8. The molecule has 214 valence electrons. The largest absolute Gasteiger partial charge is 0.511 e. The smallest absolute Gasteiger partial charge is 0.223 e. The van der Waals surface area contributed by atoms with Gasteiger partial charge in [0.25, 0.3) is 0 Å². The molecular formula is C21H19F10NO4S2. The summed E-state index contributed by atoms with van der Waals surface area (Å²) in [4.78, 5) is -0.773. The van der Waals surface area contributed by atoms with Crippen molar-refractivity contribution in [1.82, 2.24) is 4.72 Å². The van der Waals surface area contributed by atoms with Crippen LogP contribution in [0.15, 0.2) is 41.3 Å². The van der Waals surface area contributed by atoms with Gasteiger partial charge in [0, 0.05) is 6.04 Å². The van der Waals surface area contributed by atoms with Crippen molar-refractivity contribution in [2.24, 2.45) is 5.92 Å². The van der Waals surface area contributed by atoms with Crippen molar-refractivity contribution < 1.29 is 60.7 Å². The van der Waals surface area contributed by atoms with Gasteiger partial charge in [0.2, 0.25) is 0 Å². The van der Waals surface area contributed by atoms with E-state index in [0.29, 0.717) is 30.4 Å². The van der Waals surface area contributed by atoms with Crippen LogP contribution in [-0.4, -0.2) is 34.6 Å². The maximum absolute atomic E-state index is 14.2. The first-order valence-corrected chi connectivity index (χ1v) is 13.7. The molecule has 1 unspecified atom stereocenters. The molecule has 1 atom stereocenters. The number of allylic oxidation sites excluding steroid dienone is 3. The summed E-state index contributed by atoms with van der Waals surface area (Å²) in [5, 5.41) is 0. The van der Waals surface area contributed by atoms with E-state index in [2.05, 4.69) is 0 Å². The summed E-state index contributed by atoms with van der Waals surface area (Å²) in [6.45, 7) is 0. The molecule has 17 heteroatoms. The van der Waals surface area contributed by atoms with Gasteiger partial charge in [-0.25, -0.2) is 25.9 Å². The van der Waals surface area contributed by atoms with Gasteiger partial charge in [0.05, 0.1) is 16.4 Å². The second-order valence-electron chi connectivity index (χ2n) is 8.88. The SMILES string of the molecule is O=S(=O)(NC1CCC(c2cc(F)ccc2C(F)(F)F)(S(=O)(=O)C2=CCC(C(F)(F)F)C=C2)CC1)C(F)(F)F. The Balaban J connectivity index is 2.11. The zero-order valence-corrected chi connectivity index (χ0v) is 20.5. The molecule has 0 radical (unpaired) electrons. The van der Waals surface area contributed by atoms with Gasteiger partial charge in [-0.2, -0.15) is 39.5 Å². The topological polar surface area (TPSA) is 80.3 Å². The van der Waals surface area contributed by atoms with E-state index in [9.17, 15) is 60.7 Å². The van der Waals surface area contributed by atoms with Crippen LogP contribution in [0.4, 0.5) is 43.9 Å². The third-order valence-electron chi connectivity index (χ3n) is 6.51. The number of benzene rings is 1. The van der Waals surface area contributed by atoms with Crippen molar-refractivity contribution in [1.29, 1.82) is 0 Å². The highest BCUT2D eigenvalue weighted by Crippen LogP contribution is 2.51. The minimum absolute atomic E-state index is 0.283. The van der Waals surface area contributed by atoms with Crippen molar-refractivity contribution >= 4 is 19.9 Å². The van der Waals surface area contributed by atoms with Crippen molar-refractivity contribution in [3.05, 3.63) is 58.3 Å².